The summed E-state index contributed by atoms with van der Waals surface area (Å²) in [5.41, 5.74) is -0.657. The zero-order chi connectivity index (χ0) is 29.2. The molecule has 0 aromatic heterocycles. The molecule has 0 aliphatic heterocycles. The second-order valence-corrected chi connectivity index (χ2v) is 12.4. The summed E-state index contributed by atoms with van der Waals surface area (Å²) in [6, 6.07) is 2.28. The molecule has 0 unspecified atom stereocenters. The Hall–Kier alpha value is -2.84. The minimum absolute atomic E-state index is 0.00217. The first-order valence-electron chi connectivity index (χ1n) is 14.9. The van der Waals surface area contributed by atoms with Crippen LogP contribution in [0.5, 0.6) is 11.5 Å². The summed E-state index contributed by atoms with van der Waals surface area (Å²) in [4.78, 5) is 38.6. The molecule has 222 valence electrons. The minimum atomic E-state index is -0.835. The summed E-state index contributed by atoms with van der Waals surface area (Å²) in [6.45, 7) is 8.03. The number of amides is 2. The van der Waals surface area contributed by atoms with Gasteiger partial charge < -0.3 is 25.2 Å². The molecular formula is C31H45FN2O6. The molecule has 40 heavy (non-hydrogen) atoms. The van der Waals surface area contributed by atoms with E-state index in [9.17, 15) is 23.9 Å². The van der Waals surface area contributed by atoms with Gasteiger partial charge in [-0.1, -0.05) is 26.7 Å². The van der Waals surface area contributed by atoms with Gasteiger partial charge >= 0.3 is 5.97 Å². The van der Waals surface area contributed by atoms with Gasteiger partial charge in [0.1, 0.15) is 5.75 Å². The Labute approximate surface area is 236 Å². The zero-order valence-electron chi connectivity index (χ0n) is 24.4. The molecule has 0 heterocycles. The normalized spacial score (nSPS) is 30.1. The fourth-order valence-electron chi connectivity index (χ4n) is 7.25. The molecular weight excluding hydrogens is 515 g/mol. The highest BCUT2D eigenvalue weighted by Gasteiger charge is 2.51. The molecule has 2 amide bonds. The second kappa shape index (κ2) is 12.4. The Kier molecular flexibility index (Phi) is 9.30. The van der Waals surface area contributed by atoms with Crippen LogP contribution in [0.1, 0.15) is 95.8 Å². The number of carboxylic acids is 1. The summed E-state index contributed by atoms with van der Waals surface area (Å²) in [6.07, 6.45) is 6.31. The number of carbonyl (C=O) groups is 3. The van der Waals surface area contributed by atoms with Crippen molar-refractivity contribution >= 4 is 17.8 Å². The molecule has 3 aliphatic carbocycles. The fourth-order valence-corrected chi connectivity index (χ4v) is 7.25. The van der Waals surface area contributed by atoms with E-state index in [1.807, 2.05) is 0 Å². The average Bonchev–Trinajstić information content (AvgIpc) is 3.53. The first-order chi connectivity index (χ1) is 19.0. The zero-order valence-corrected chi connectivity index (χ0v) is 24.4. The van der Waals surface area contributed by atoms with Gasteiger partial charge in [0.05, 0.1) is 30.1 Å². The maximum atomic E-state index is 15.0. The van der Waals surface area contributed by atoms with Gasteiger partial charge in [0, 0.05) is 18.2 Å². The molecule has 0 spiro atoms. The lowest BCUT2D eigenvalue weighted by atomic mass is 9.75. The lowest BCUT2D eigenvalue weighted by molar-refractivity contribution is -0.150. The third kappa shape index (κ3) is 6.08. The maximum Gasteiger partial charge on any atom is 0.309 e. The van der Waals surface area contributed by atoms with Crippen molar-refractivity contribution in [3.8, 4) is 11.5 Å². The number of ether oxygens (including phenoxy) is 2. The molecule has 3 aliphatic rings. The van der Waals surface area contributed by atoms with Crippen molar-refractivity contribution < 1.29 is 33.4 Å². The number of methoxy groups -OCH3 is 1. The Morgan fingerprint density at radius 3 is 2.33 bits per heavy atom. The SMILES string of the molecule is CCC(CC)[C@H](C)NC(=O)[C@H]1[C@@H]2CC[C@@H](C2)[C@H]1NC(=O)c1cc(O[C@H]2CC[C@@](C)(C(=O)O)CC2)c(F)cc1OC. The third-order valence-electron chi connectivity index (χ3n) is 9.99. The predicted octanol–water partition coefficient (Wildman–Crippen LogP) is 5.33. The van der Waals surface area contributed by atoms with Gasteiger partial charge in [-0.15, -0.1) is 0 Å². The molecule has 8 nitrogen and oxygen atoms in total. The summed E-state index contributed by atoms with van der Waals surface area (Å²) >= 11 is 0. The van der Waals surface area contributed by atoms with Gasteiger partial charge in [0.25, 0.3) is 5.91 Å². The molecule has 4 rings (SSSR count). The molecule has 2 bridgehead atoms. The number of carbonyl (C=O) groups excluding carboxylic acids is 2. The van der Waals surface area contributed by atoms with Crippen LogP contribution in [0.3, 0.4) is 0 Å². The monoisotopic (exact) mass is 560 g/mol. The highest BCUT2D eigenvalue weighted by atomic mass is 19.1. The van der Waals surface area contributed by atoms with Crippen LogP contribution in [0, 0.1) is 34.9 Å². The first kappa shape index (κ1) is 30.1. The van der Waals surface area contributed by atoms with E-state index in [0.717, 1.165) is 38.2 Å². The van der Waals surface area contributed by atoms with Crippen molar-refractivity contribution in [2.45, 2.75) is 104 Å². The number of rotatable bonds is 11. The molecule has 5 atom stereocenters. The van der Waals surface area contributed by atoms with Gasteiger partial charge in [0.15, 0.2) is 11.6 Å². The van der Waals surface area contributed by atoms with Crippen LogP contribution in [0.2, 0.25) is 0 Å². The van der Waals surface area contributed by atoms with E-state index < -0.39 is 23.1 Å². The van der Waals surface area contributed by atoms with Gasteiger partial charge in [-0.05, 0) is 82.6 Å². The summed E-state index contributed by atoms with van der Waals surface area (Å²) in [5.74, 6) is -1.31. The topological polar surface area (TPSA) is 114 Å². The number of halogens is 1. The van der Waals surface area contributed by atoms with Crippen molar-refractivity contribution in [1.82, 2.24) is 10.6 Å². The largest absolute Gasteiger partial charge is 0.496 e. The van der Waals surface area contributed by atoms with Crippen LogP contribution in [-0.4, -0.2) is 48.2 Å². The van der Waals surface area contributed by atoms with Gasteiger partial charge in [-0.25, -0.2) is 4.39 Å². The van der Waals surface area contributed by atoms with E-state index in [1.165, 1.54) is 13.2 Å². The Balaban J connectivity index is 1.48. The van der Waals surface area contributed by atoms with E-state index in [4.69, 9.17) is 9.47 Å². The molecule has 1 aromatic carbocycles. The van der Waals surface area contributed by atoms with Crippen LogP contribution in [0.25, 0.3) is 0 Å². The summed E-state index contributed by atoms with van der Waals surface area (Å²) < 4.78 is 26.3. The second-order valence-electron chi connectivity index (χ2n) is 12.4. The number of nitrogens with one attached hydrogen (secondary N) is 2. The molecule has 1 aromatic rings. The quantitative estimate of drug-likeness (QED) is 0.337. The van der Waals surface area contributed by atoms with Crippen molar-refractivity contribution in [3.05, 3.63) is 23.5 Å². The molecule has 3 fully saturated rings. The summed E-state index contributed by atoms with van der Waals surface area (Å²) in [5, 5.41) is 15.8. The molecule has 3 N–H and O–H groups in total. The number of hydrogen-bond donors (Lipinski definition) is 3. The Morgan fingerprint density at radius 1 is 1.07 bits per heavy atom. The smallest absolute Gasteiger partial charge is 0.309 e. The van der Waals surface area contributed by atoms with E-state index in [1.54, 1.807) is 6.92 Å². The van der Waals surface area contributed by atoms with Crippen LogP contribution in [-0.2, 0) is 9.59 Å². The Morgan fingerprint density at radius 2 is 1.73 bits per heavy atom. The predicted molar refractivity (Wildman–Crippen MR) is 149 cm³/mol. The number of hydrogen-bond acceptors (Lipinski definition) is 5. The van der Waals surface area contributed by atoms with Crippen LogP contribution in [0.15, 0.2) is 12.1 Å². The van der Waals surface area contributed by atoms with Gasteiger partial charge in [-0.2, -0.15) is 0 Å². The molecule has 0 saturated heterocycles. The lowest BCUT2D eigenvalue weighted by Crippen LogP contribution is -2.52. The highest BCUT2D eigenvalue weighted by molar-refractivity contribution is 5.98. The highest BCUT2D eigenvalue weighted by Crippen LogP contribution is 2.49. The van der Waals surface area contributed by atoms with E-state index >= 15 is 0 Å². The standard InChI is InChI=1S/C31H45FN2O6/c1-6-18(7-2)17(3)33-29(36)26-19-8-9-20(14-19)27(26)34-28(35)22-15-25(23(32)16-24(22)39-5)40-21-10-12-31(4,13-11-21)30(37)38/h15-21,26-27H,6-14H2,1-5H3,(H,33,36)(H,34,35)(H,37,38)/t17-,19+,20-,21-,26-,27+,31+/m0/s1. The summed E-state index contributed by atoms with van der Waals surface area (Å²) in [7, 11) is 1.38. The molecule has 3 saturated carbocycles. The van der Waals surface area contributed by atoms with E-state index in [0.29, 0.717) is 31.6 Å². The van der Waals surface area contributed by atoms with Gasteiger partial charge in [0.2, 0.25) is 5.91 Å². The van der Waals surface area contributed by atoms with Crippen LogP contribution >= 0.6 is 0 Å². The van der Waals surface area contributed by atoms with E-state index in [2.05, 4.69) is 31.4 Å². The van der Waals surface area contributed by atoms with Gasteiger partial charge in [-0.3, -0.25) is 14.4 Å². The number of aliphatic carboxylic acids is 1. The fraction of sp³-hybridized carbons (Fsp3) is 0.710. The van der Waals surface area contributed by atoms with E-state index in [-0.39, 0.29) is 58.9 Å². The molecule has 0 radical (unpaired) electrons. The average molecular weight is 561 g/mol. The lowest BCUT2D eigenvalue weighted by Gasteiger charge is -2.34. The number of fused-ring (bicyclic) bond motifs is 2. The number of benzene rings is 1. The van der Waals surface area contributed by atoms with Crippen LogP contribution in [0.4, 0.5) is 4.39 Å². The van der Waals surface area contributed by atoms with Crippen molar-refractivity contribution in [2.24, 2.45) is 29.1 Å². The third-order valence-corrected chi connectivity index (χ3v) is 9.99. The Bertz CT molecular complexity index is 1100. The number of carboxylic acid groups (broad SMARTS) is 1. The van der Waals surface area contributed by atoms with Crippen LogP contribution < -0.4 is 20.1 Å². The maximum absolute atomic E-state index is 15.0. The first-order valence-corrected chi connectivity index (χ1v) is 14.9. The van der Waals surface area contributed by atoms with Crippen molar-refractivity contribution in [2.75, 3.05) is 7.11 Å². The molecule has 9 heteroatoms. The van der Waals surface area contributed by atoms with Crippen molar-refractivity contribution in [1.29, 1.82) is 0 Å². The van der Waals surface area contributed by atoms with Crippen molar-refractivity contribution in [3.63, 3.8) is 0 Å². The minimum Gasteiger partial charge on any atom is -0.496 e.